The number of hydrogen-bond acceptors (Lipinski definition) is 4. The van der Waals surface area contributed by atoms with Crippen molar-refractivity contribution in [2.24, 2.45) is 0 Å². The molecule has 114 valence electrons. The first-order valence-corrected chi connectivity index (χ1v) is 6.88. The minimum absolute atomic E-state index is 0.363. The monoisotopic (exact) mass is 308 g/mol. The van der Waals surface area contributed by atoms with Gasteiger partial charge in [-0.15, -0.1) is 0 Å². The molecule has 3 aromatic rings. The quantitative estimate of drug-likeness (QED) is 0.735. The van der Waals surface area contributed by atoms with E-state index in [1.807, 2.05) is 0 Å². The Hall–Kier alpha value is -3.13. The van der Waals surface area contributed by atoms with Crippen molar-refractivity contribution in [3.05, 3.63) is 54.0 Å². The standard InChI is InChI=1S/C18H13FN2O2/c1-22-17-6-4-12(19)8-14(17)16-10-21-18(23-2)15-7-11(9-20)3-5-13(15)16/h3-8,10H,1-2H3. The van der Waals surface area contributed by atoms with Gasteiger partial charge in [-0.1, -0.05) is 6.07 Å². The van der Waals surface area contributed by atoms with E-state index >= 15 is 0 Å². The van der Waals surface area contributed by atoms with Crippen LogP contribution in [0.4, 0.5) is 4.39 Å². The molecule has 0 unspecified atom stereocenters. The molecule has 0 fully saturated rings. The third-order valence-corrected chi connectivity index (χ3v) is 3.63. The van der Waals surface area contributed by atoms with Crippen molar-refractivity contribution in [3.8, 4) is 28.8 Å². The van der Waals surface area contributed by atoms with E-state index < -0.39 is 0 Å². The number of ether oxygens (including phenoxy) is 2. The zero-order chi connectivity index (χ0) is 16.4. The van der Waals surface area contributed by atoms with Crippen LogP contribution < -0.4 is 9.47 Å². The van der Waals surface area contributed by atoms with Crippen molar-refractivity contribution in [2.75, 3.05) is 14.2 Å². The molecule has 0 saturated carbocycles. The van der Waals surface area contributed by atoms with E-state index in [1.165, 1.54) is 26.4 Å². The predicted octanol–water partition coefficient (Wildman–Crippen LogP) is 3.93. The van der Waals surface area contributed by atoms with Crippen LogP contribution >= 0.6 is 0 Å². The van der Waals surface area contributed by atoms with Crippen LogP contribution in [0.1, 0.15) is 5.56 Å². The normalized spacial score (nSPS) is 10.3. The maximum Gasteiger partial charge on any atom is 0.221 e. The molecule has 2 aromatic carbocycles. The number of nitriles is 1. The molecule has 4 nitrogen and oxygen atoms in total. The van der Waals surface area contributed by atoms with Crippen molar-refractivity contribution in [1.82, 2.24) is 4.98 Å². The molecule has 23 heavy (non-hydrogen) atoms. The first-order valence-electron chi connectivity index (χ1n) is 6.88. The summed E-state index contributed by atoms with van der Waals surface area (Å²) in [6.07, 6.45) is 1.62. The fourth-order valence-corrected chi connectivity index (χ4v) is 2.56. The molecular weight excluding hydrogens is 295 g/mol. The van der Waals surface area contributed by atoms with Crippen molar-refractivity contribution in [2.45, 2.75) is 0 Å². The van der Waals surface area contributed by atoms with E-state index in [2.05, 4.69) is 11.1 Å². The Morgan fingerprint density at radius 3 is 2.52 bits per heavy atom. The highest BCUT2D eigenvalue weighted by atomic mass is 19.1. The van der Waals surface area contributed by atoms with E-state index in [0.29, 0.717) is 33.7 Å². The molecule has 0 aliphatic rings. The number of pyridine rings is 1. The summed E-state index contributed by atoms with van der Waals surface area (Å²) in [5.74, 6) is 0.596. The Bertz CT molecular complexity index is 932. The van der Waals surface area contributed by atoms with Gasteiger partial charge in [-0.25, -0.2) is 9.37 Å². The SMILES string of the molecule is COc1ccc(F)cc1-c1cnc(OC)c2cc(C#N)ccc12. The maximum atomic E-state index is 13.7. The van der Waals surface area contributed by atoms with Gasteiger partial charge in [0.15, 0.2) is 0 Å². The van der Waals surface area contributed by atoms with E-state index in [-0.39, 0.29) is 5.82 Å². The average Bonchev–Trinajstić information content (AvgIpc) is 2.60. The molecule has 0 aliphatic carbocycles. The number of aromatic nitrogens is 1. The van der Waals surface area contributed by atoms with Gasteiger partial charge >= 0.3 is 0 Å². The molecule has 0 amide bonds. The smallest absolute Gasteiger partial charge is 0.221 e. The molecule has 1 heterocycles. The number of methoxy groups -OCH3 is 2. The first kappa shape index (κ1) is 14.8. The molecule has 0 saturated heterocycles. The van der Waals surface area contributed by atoms with Gasteiger partial charge in [0.25, 0.3) is 0 Å². The van der Waals surface area contributed by atoms with Gasteiger partial charge in [-0.05, 0) is 35.7 Å². The van der Waals surface area contributed by atoms with Gasteiger partial charge < -0.3 is 9.47 Å². The summed E-state index contributed by atoms with van der Waals surface area (Å²) in [6.45, 7) is 0. The molecule has 5 heteroatoms. The van der Waals surface area contributed by atoms with Crippen LogP contribution in [0.3, 0.4) is 0 Å². The molecule has 0 N–H and O–H groups in total. The molecule has 3 rings (SSSR count). The Labute approximate surface area is 132 Å². The minimum atomic E-state index is -0.363. The average molecular weight is 308 g/mol. The minimum Gasteiger partial charge on any atom is -0.496 e. The molecule has 1 aromatic heterocycles. The summed E-state index contributed by atoms with van der Waals surface area (Å²) in [7, 11) is 3.05. The van der Waals surface area contributed by atoms with Crippen molar-refractivity contribution < 1.29 is 13.9 Å². The van der Waals surface area contributed by atoms with Gasteiger partial charge in [0.2, 0.25) is 5.88 Å². The summed E-state index contributed by atoms with van der Waals surface area (Å²) in [6, 6.07) is 11.6. The van der Waals surface area contributed by atoms with Crippen molar-refractivity contribution in [3.63, 3.8) is 0 Å². The van der Waals surface area contributed by atoms with Crippen LogP contribution in [0.25, 0.3) is 21.9 Å². The third-order valence-electron chi connectivity index (χ3n) is 3.63. The lowest BCUT2D eigenvalue weighted by atomic mass is 9.98. The lowest BCUT2D eigenvalue weighted by Gasteiger charge is -2.13. The van der Waals surface area contributed by atoms with Gasteiger partial charge in [-0.3, -0.25) is 0 Å². The number of benzene rings is 2. The van der Waals surface area contributed by atoms with Crippen LogP contribution in [-0.2, 0) is 0 Å². The summed E-state index contributed by atoms with van der Waals surface area (Å²) in [5.41, 5.74) is 1.81. The highest BCUT2D eigenvalue weighted by molar-refractivity contribution is 6.00. The molecule has 0 bridgehead atoms. The molecule has 0 radical (unpaired) electrons. The number of nitrogens with zero attached hydrogens (tertiary/aromatic N) is 2. The second-order valence-electron chi connectivity index (χ2n) is 4.90. The lowest BCUT2D eigenvalue weighted by molar-refractivity contribution is 0.403. The van der Waals surface area contributed by atoms with Crippen molar-refractivity contribution in [1.29, 1.82) is 5.26 Å². The number of fused-ring (bicyclic) bond motifs is 1. The Kier molecular flexibility index (Phi) is 3.82. The molecule has 0 aliphatic heterocycles. The Morgan fingerprint density at radius 2 is 1.83 bits per heavy atom. The summed E-state index contributed by atoms with van der Waals surface area (Å²) >= 11 is 0. The number of hydrogen-bond donors (Lipinski definition) is 0. The molecule has 0 spiro atoms. The number of rotatable bonds is 3. The lowest BCUT2D eigenvalue weighted by Crippen LogP contribution is -1.94. The van der Waals surface area contributed by atoms with Gasteiger partial charge in [0.05, 0.1) is 25.9 Å². The summed E-state index contributed by atoms with van der Waals surface area (Å²) in [5, 5.41) is 10.6. The fraction of sp³-hybridized carbons (Fsp3) is 0.111. The largest absolute Gasteiger partial charge is 0.496 e. The number of halogens is 1. The van der Waals surface area contributed by atoms with Crippen LogP contribution in [0.2, 0.25) is 0 Å². The van der Waals surface area contributed by atoms with Crippen LogP contribution in [-0.4, -0.2) is 19.2 Å². The topological polar surface area (TPSA) is 55.1 Å². The third kappa shape index (κ3) is 2.55. The van der Waals surface area contributed by atoms with Crippen LogP contribution in [0, 0.1) is 17.1 Å². The Morgan fingerprint density at radius 1 is 1.00 bits per heavy atom. The van der Waals surface area contributed by atoms with E-state index in [4.69, 9.17) is 14.7 Å². The second-order valence-corrected chi connectivity index (χ2v) is 4.90. The van der Waals surface area contributed by atoms with Crippen LogP contribution in [0.5, 0.6) is 11.6 Å². The van der Waals surface area contributed by atoms with E-state index in [0.717, 1.165) is 5.39 Å². The van der Waals surface area contributed by atoms with E-state index in [9.17, 15) is 4.39 Å². The van der Waals surface area contributed by atoms with E-state index in [1.54, 1.807) is 30.5 Å². The van der Waals surface area contributed by atoms with Crippen LogP contribution in [0.15, 0.2) is 42.6 Å². The summed E-state index contributed by atoms with van der Waals surface area (Å²) < 4.78 is 24.3. The second kappa shape index (κ2) is 5.93. The zero-order valence-electron chi connectivity index (χ0n) is 12.6. The predicted molar refractivity (Wildman–Crippen MR) is 85.0 cm³/mol. The highest BCUT2D eigenvalue weighted by Crippen LogP contribution is 2.37. The van der Waals surface area contributed by atoms with Gasteiger partial charge in [0.1, 0.15) is 11.6 Å². The first-order chi connectivity index (χ1) is 11.2. The highest BCUT2D eigenvalue weighted by Gasteiger charge is 2.14. The zero-order valence-corrected chi connectivity index (χ0v) is 12.6. The fourth-order valence-electron chi connectivity index (χ4n) is 2.56. The Balaban J connectivity index is 2.36. The van der Waals surface area contributed by atoms with Gasteiger partial charge in [0, 0.05) is 22.7 Å². The summed E-state index contributed by atoms with van der Waals surface area (Å²) in [4.78, 5) is 4.27. The molecular formula is C18H13FN2O2. The van der Waals surface area contributed by atoms with Gasteiger partial charge in [-0.2, -0.15) is 5.26 Å². The van der Waals surface area contributed by atoms with Crippen molar-refractivity contribution >= 4 is 10.8 Å². The molecule has 0 atom stereocenters. The maximum absolute atomic E-state index is 13.7.